The fourth-order valence-electron chi connectivity index (χ4n) is 3.13. The molecule has 0 aliphatic rings. The minimum atomic E-state index is -0.595. The summed E-state index contributed by atoms with van der Waals surface area (Å²) < 4.78 is 5.82. The van der Waals surface area contributed by atoms with Crippen LogP contribution in [0.2, 0.25) is 0 Å². The second kappa shape index (κ2) is 10.3. The molecule has 0 bridgehead atoms. The van der Waals surface area contributed by atoms with Gasteiger partial charge in [0, 0.05) is 12.1 Å². The molecule has 0 heterocycles. The summed E-state index contributed by atoms with van der Waals surface area (Å²) in [5.74, 6) is 0.317. The number of nitrogens with one attached hydrogen (secondary N) is 1. The van der Waals surface area contributed by atoms with Crippen LogP contribution in [-0.4, -0.2) is 41.4 Å². The van der Waals surface area contributed by atoms with E-state index >= 15 is 0 Å². The molecule has 162 valence electrons. The zero-order valence-corrected chi connectivity index (χ0v) is 19.0. The molecule has 2 rings (SSSR count). The predicted molar refractivity (Wildman–Crippen MR) is 121 cm³/mol. The second-order valence-electron chi connectivity index (χ2n) is 8.80. The highest BCUT2D eigenvalue weighted by atomic mass is 16.5. The van der Waals surface area contributed by atoms with E-state index in [2.05, 4.69) is 5.32 Å². The van der Waals surface area contributed by atoms with Crippen LogP contribution in [0, 0.1) is 13.8 Å². The number of aryl methyl sites for hydroxylation is 2. The Balaban J connectivity index is 2.12. The summed E-state index contributed by atoms with van der Waals surface area (Å²) in [5, 5.41) is 2.97. The van der Waals surface area contributed by atoms with Gasteiger partial charge in [-0.05, 0) is 70.7 Å². The van der Waals surface area contributed by atoms with Crippen LogP contribution in [0.3, 0.4) is 0 Å². The minimum absolute atomic E-state index is 0.105. The topological polar surface area (TPSA) is 58.6 Å². The molecular weight excluding hydrogens is 376 g/mol. The standard InChI is InChI=1S/C25H34N2O3/c1-18-12-13-19(2)22(16-18)30-17-23(28)27(15-14-21-10-8-7-9-11-21)20(3)24(29)26-25(4,5)6/h7-13,16,20H,14-15,17H2,1-6H3,(H,26,29). The number of carbonyl (C=O) groups is 2. The van der Waals surface area contributed by atoms with Crippen molar-refractivity contribution in [3.05, 3.63) is 65.2 Å². The molecule has 1 N–H and O–H groups in total. The molecule has 2 amide bonds. The maximum Gasteiger partial charge on any atom is 0.261 e. The van der Waals surface area contributed by atoms with Gasteiger partial charge >= 0.3 is 0 Å². The van der Waals surface area contributed by atoms with Crippen LogP contribution in [0.1, 0.15) is 44.4 Å². The van der Waals surface area contributed by atoms with Gasteiger partial charge in [-0.3, -0.25) is 9.59 Å². The quantitative estimate of drug-likeness (QED) is 0.714. The molecule has 2 aromatic carbocycles. The van der Waals surface area contributed by atoms with Gasteiger partial charge in [0.2, 0.25) is 5.91 Å². The Labute approximate surface area is 180 Å². The molecule has 2 aromatic rings. The van der Waals surface area contributed by atoms with Gasteiger partial charge in [0.15, 0.2) is 6.61 Å². The number of nitrogens with zero attached hydrogens (tertiary/aromatic N) is 1. The number of carbonyl (C=O) groups excluding carboxylic acids is 2. The summed E-state index contributed by atoms with van der Waals surface area (Å²) in [5.41, 5.74) is 2.80. The molecule has 0 spiro atoms. The summed E-state index contributed by atoms with van der Waals surface area (Å²) in [7, 11) is 0. The maximum absolute atomic E-state index is 13.1. The SMILES string of the molecule is Cc1ccc(C)c(OCC(=O)N(CCc2ccccc2)C(C)C(=O)NC(C)(C)C)c1. The molecule has 30 heavy (non-hydrogen) atoms. The first-order valence-electron chi connectivity index (χ1n) is 10.4. The van der Waals surface area contributed by atoms with E-state index in [1.165, 1.54) is 0 Å². The van der Waals surface area contributed by atoms with Gasteiger partial charge in [-0.2, -0.15) is 0 Å². The molecule has 0 fully saturated rings. The monoisotopic (exact) mass is 410 g/mol. The zero-order valence-electron chi connectivity index (χ0n) is 19.0. The van der Waals surface area contributed by atoms with Crippen LogP contribution in [0.15, 0.2) is 48.5 Å². The molecule has 1 atom stereocenters. The van der Waals surface area contributed by atoms with Crippen molar-refractivity contribution >= 4 is 11.8 Å². The maximum atomic E-state index is 13.1. The lowest BCUT2D eigenvalue weighted by Gasteiger charge is -2.31. The fraction of sp³-hybridized carbons (Fsp3) is 0.440. The molecule has 0 aliphatic heterocycles. The van der Waals surface area contributed by atoms with Gasteiger partial charge in [-0.25, -0.2) is 0 Å². The summed E-state index contributed by atoms with van der Waals surface area (Å²) >= 11 is 0. The Hall–Kier alpha value is -2.82. The van der Waals surface area contributed by atoms with Crippen LogP contribution >= 0.6 is 0 Å². The third kappa shape index (κ3) is 7.21. The Morgan fingerprint density at radius 1 is 1.07 bits per heavy atom. The van der Waals surface area contributed by atoms with E-state index in [9.17, 15) is 9.59 Å². The normalized spacial score (nSPS) is 12.2. The Kier molecular flexibility index (Phi) is 8.04. The van der Waals surface area contributed by atoms with Crippen LogP contribution in [0.5, 0.6) is 5.75 Å². The highest BCUT2D eigenvalue weighted by molar-refractivity contribution is 5.88. The second-order valence-corrected chi connectivity index (χ2v) is 8.80. The first-order valence-corrected chi connectivity index (χ1v) is 10.4. The number of ether oxygens (including phenoxy) is 1. The van der Waals surface area contributed by atoms with Gasteiger partial charge in [0.1, 0.15) is 11.8 Å². The van der Waals surface area contributed by atoms with Gasteiger partial charge < -0.3 is 15.0 Å². The molecule has 0 aliphatic carbocycles. The third-order valence-electron chi connectivity index (χ3n) is 4.84. The first kappa shape index (κ1) is 23.5. The van der Waals surface area contributed by atoms with Crippen molar-refractivity contribution in [1.29, 1.82) is 0 Å². The zero-order chi connectivity index (χ0) is 22.3. The molecule has 1 unspecified atom stereocenters. The minimum Gasteiger partial charge on any atom is -0.483 e. The van der Waals surface area contributed by atoms with Gasteiger partial charge in [0.25, 0.3) is 5.91 Å². The van der Waals surface area contributed by atoms with E-state index in [1.807, 2.05) is 83.1 Å². The van der Waals surface area contributed by atoms with Crippen molar-refractivity contribution in [2.24, 2.45) is 0 Å². The summed E-state index contributed by atoms with van der Waals surface area (Å²) in [6.45, 7) is 11.8. The molecule has 5 heteroatoms. The lowest BCUT2D eigenvalue weighted by Crippen LogP contribution is -2.53. The number of hydrogen-bond donors (Lipinski definition) is 1. The number of hydrogen-bond acceptors (Lipinski definition) is 3. The van der Waals surface area contributed by atoms with Crippen molar-refractivity contribution in [2.75, 3.05) is 13.2 Å². The van der Waals surface area contributed by atoms with Crippen molar-refractivity contribution in [3.63, 3.8) is 0 Å². The molecule has 0 saturated carbocycles. The number of amides is 2. The van der Waals surface area contributed by atoms with E-state index < -0.39 is 6.04 Å². The average molecular weight is 411 g/mol. The van der Waals surface area contributed by atoms with Crippen molar-refractivity contribution in [2.45, 2.75) is 59.5 Å². The number of benzene rings is 2. The van der Waals surface area contributed by atoms with Crippen LogP contribution in [0.4, 0.5) is 0 Å². The molecule has 0 aromatic heterocycles. The molecular formula is C25H34N2O3. The predicted octanol–water partition coefficient (Wildman–Crippen LogP) is 4.06. The van der Waals surface area contributed by atoms with Gasteiger partial charge in [-0.15, -0.1) is 0 Å². The summed E-state index contributed by atoms with van der Waals surface area (Å²) in [6.07, 6.45) is 0.670. The highest BCUT2D eigenvalue weighted by Crippen LogP contribution is 2.19. The Morgan fingerprint density at radius 2 is 1.73 bits per heavy atom. The van der Waals surface area contributed by atoms with Crippen molar-refractivity contribution in [1.82, 2.24) is 10.2 Å². The van der Waals surface area contributed by atoms with Gasteiger partial charge in [-0.1, -0.05) is 42.5 Å². The fourth-order valence-corrected chi connectivity index (χ4v) is 3.13. The van der Waals surface area contributed by atoms with Crippen LogP contribution < -0.4 is 10.1 Å². The Bertz CT molecular complexity index is 856. The van der Waals surface area contributed by atoms with E-state index in [0.29, 0.717) is 18.7 Å². The van der Waals surface area contributed by atoms with E-state index in [0.717, 1.165) is 16.7 Å². The molecule has 5 nitrogen and oxygen atoms in total. The van der Waals surface area contributed by atoms with Crippen molar-refractivity contribution < 1.29 is 14.3 Å². The lowest BCUT2D eigenvalue weighted by atomic mass is 10.1. The van der Waals surface area contributed by atoms with Crippen LogP contribution in [-0.2, 0) is 16.0 Å². The van der Waals surface area contributed by atoms with E-state index in [1.54, 1.807) is 11.8 Å². The third-order valence-corrected chi connectivity index (χ3v) is 4.84. The smallest absolute Gasteiger partial charge is 0.261 e. The van der Waals surface area contributed by atoms with Crippen LogP contribution in [0.25, 0.3) is 0 Å². The Morgan fingerprint density at radius 3 is 2.37 bits per heavy atom. The van der Waals surface area contributed by atoms with E-state index in [4.69, 9.17) is 4.74 Å². The molecule has 0 radical (unpaired) electrons. The van der Waals surface area contributed by atoms with Gasteiger partial charge in [0.05, 0.1) is 0 Å². The molecule has 0 saturated heterocycles. The summed E-state index contributed by atoms with van der Waals surface area (Å²) in [4.78, 5) is 27.4. The summed E-state index contributed by atoms with van der Waals surface area (Å²) in [6, 6.07) is 15.3. The lowest BCUT2D eigenvalue weighted by molar-refractivity contribution is -0.142. The largest absolute Gasteiger partial charge is 0.483 e. The van der Waals surface area contributed by atoms with Crippen molar-refractivity contribution in [3.8, 4) is 5.75 Å². The first-order chi connectivity index (χ1) is 14.1. The number of rotatable bonds is 8. The highest BCUT2D eigenvalue weighted by Gasteiger charge is 2.28. The van der Waals surface area contributed by atoms with E-state index in [-0.39, 0.29) is 24.0 Å². The average Bonchev–Trinajstić information content (AvgIpc) is 2.68.